The molecule has 0 radical (unpaired) electrons. The molecule has 0 fully saturated rings. The molecule has 1 aromatic carbocycles. The molecule has 0 saturated carbocycles. The van der Waals surface area contributed by atoms with Crippen molar-refractivity contribution in [3.63, 3.8) is 0 Å². The Labute approximate surface area is 185 Å². The van der Waals surface area contributed by atoms with E-state index >= 15 is 0 Å². The zero-order valence-corrected chi connectivity index (χ0v) is 19.3. The van der Waals surface area contributed by atoms with Crippen molar-refractivity contribution >= 4 is 5.97 Å². The van der Waals surface area contributed by atoms with E-state index in [1.54, 1.807) is 0 Å². The van der Waals surface area contributed by atoms with Gasteiger partial charge >= 0.3 is 58.2 Å². The van der Waals surface area contributed by atoms with Crippen LogP contribution in [0.2, 0.25) is 0 Å². The van der Waals surface area contributed by atoms with Gasteiger partial charge in [0.1, 0.15) is 0 Å². The maximum absolute atomic E-state index is 11.3. The molecule has 2 aliphatic rings. The number of carboxylic acid groups (broad SMARTS) is 1. The van der Waals surface area contributed by atoms with Gasteiger partial charge in [-0.3, -0.25) is 0 Å². The molecule has 118 valence electrons. The van der Waals surface area contributed by atoms with Gasteiger partial charge in [-0.2, -0.15) is 0 Å². The number of allylic oxidation sites excluding steroid dienone is 2. The van der Waals surface area contributed by atoms with Gasteiger partial charge < -0.3 is 19.7 Å². The van der Waals surface area contributed by atoms with Gasteiger partial charge in [-0.1, -0.05) is 18.6 Å². The van der Waals surface area contributed by atoms with Gasteiger partial charge in [-0.05, 0) is 44.7 Å². The van der Waals surface area contributed by atoms with Gasteiger partial charge in [0.25, 0.3) is 5.97 Å². The molecule has 0 saturated heterocycles. The van der Waals surface area contributed by atoms with E-state index in [1.165, 1.54) is 11.6 Å². The van der Waals surface area contributed by atoms with Gasteiger partial charge in [-0.25, -0.2) is 0 Å². The van der Waals surface area contributed by atoms with Crippen LogP contribution in [-0.2, 0) is 0 Å². The van der Waals surface area contributed by atoms with Crippen molar-refractivity contribution in [2.75, 3.05) is 0 Å². The molecule has 1 aromatic rings. The second-order valence-corrected chi connectivity index (χ2v) is 7.12. The van der Waals surface area contributed by atoms with E-state index < -0.39 is 11.6 Å². The molecule has 1 heterocycles. The van der Waals surface area contributed by atoms with Gasteiger partial charge in [0.15, 0.2) is 0 Å². The Balaban J connectivity index is 0.00000192. The predicted octanol–water partition coefficient (Wildman–Crippen LogP) is 0.896. The van der Waals surface area contributed by atoms with Gasteiger partial charge in [0, 0.05) is 22.8 Å². The summed E-state index contributed by atoms with van der Waals surface area (Å²) in [7, 11) is 0. The minimum absolute atomic E-state index is 0. The summed E-state index contributed by atoms with van der Waals surface area (Å²) in [5.74, 6) is -0.931. The predicted molar refractivity (Wildman–Crippen MR) is 82.4 cm³/mol. The first-order chi connectivity index (χ1) is 10.2. The van der Waals surface area contributed by atoms with E-state index in [1.807, 2.05) is 0 Å². The Bertz CT molecular complexity index is 693. The molecular weight excluding hydrogens is 366 g/mol. The molecular formula is C18H21O4Rb. The normalized spacial score (nSPS) is 27.7. The van der Waals surface area contributed by atoms with Crippen molar-refractivity contribution in [3.05, 3.63) is 34.9 Å². The topological polar surface area (TPSA) is 66.8 Å². The summed E-state index contributed by atoms with van der Waals surface area (Å²) in [5.41, 5.74) is 1.04. The average molecular weight is 387 g/mol. The van der Waals surface area contributed by atoms with Crippen LogP contribution in [0.5, 0.6) is 11.5 Å². The zero-order valence-electron chi connectivity index (χ0n) is 14.4. The first-order valence-corrected chi connectivity index (χ1v) is 7.54. The van der Waals surface area contributed by atoms with Gasteiger partial charge in [0.2, 0.25) is 0 Å². The van der Waals surface area contributed by atoms with Crippen molar-refractivity contribution in [2.24, 2.45) is 5.41 Å². The first-order valence-electron chi connectivity index (χ1n) is 7.54. The summed E-state index contributed by atoms with van der Waals surface area (Å²) in [5, 5.41) is 19.7. The van der Waals surface area contributed by atoms with E-state index in [0.29, 0.717) is 11.3 Å². The molecule has 0 unspecified atom stereocenters. The summed E-state index contributed by atoms with van der Waals surface area (Å²) < 4.78 is 6.13. The van der Waals surface area contributed by atoms with Crippen LogP contribution in [0.3, 0.4) is 0 Å². The monoisotopic (exact) mass is 386 g/mol. The summed E-state index contributed by atoms with van der Waals surface area (Å²) in [6.45, 7) is 8.34. The first kappa shape index (κ1) is 19.2. The molecule has 23 heavy (non-hydrogen) atoms. The third kappa shape index (κ3) is 2.86. The van der Waals surface area contributed by atoms with E-state index in [4.69, 9.17) is 4.74 Å². The number of hydrogen-bond donors (Lipinski definition) is 2. The molecule has 3 rings (SSSR count). The summed E-state index contributed by atoms with van der Waals surface area (Å²) >= 11 is 0. The number of carboxylic acids is 1. The van der Waals surface area contributed by atoms with Crippen LogP contribution >= 0.6 is 0 Å². The number of phenols is 1. The molecule has 2 N–H and O–H groups in total. The van der Waals surface area contributed by atoms with Crippen LogP contribution in [-0.4, -0.2) is 21.8 Å². The third-order valence-electron chi connectivity index (χ3n) is 5.55. The van der Waals surface area contributed by atoms with E-state index in [9.17, 15) is 15.0 Å². The Morgan fingerprint density at radius 3 is 2.65 bits per heavy atom. The number of ether oxygens (including phenoxy) is 1. The number of fused-ring (bicyclic) bond motifs is 3. The fraction of sp³-hybridized carbons (Fsp3) is 0.500. The molecule has 0 amide bonds. The second-order valence-electron chi connectivity index (χ2n) is 7.12. The minimum Gasteiger partial charge on any atom is -0.551 e. The third-order valence-corrected chi connectivity index (χ3v) is 5.55. The van der Waals surface area contributed by atoms with Crippen molar-refractivity contribution in [1.29, 1.82) is 0 Å². The summed E-state index contributed by atoms with van der Waals surface area (Å²) in [6.07, 6.45) is 4.07. The number of aromatic hydroxyl groups is 1. The summed E-state index contributed by atoms with van der Waals surface area (Å²) in [4.78, 5) is 11.3. The molecule has 0 aromatic heterocycles. The fourth-order valence-corrected chi connectivity index (χ4v) is 3.72. The Morgan fingerprint density at radius 2 is 2.04 bits per heavy atom. The largest absolute Gasteiger partial charge is 1.00 e. The molecule has 2 atom stereocenters. The maximum Gasteiger partial charge on any atom is 1.00 e. The standard InChI is InChI=1S/C18H21O4.Rb/c1-10-7-8-18(4)12(9-10)14-13(22-17(18,2)3)6-5-11(15(14)19)16(20)21;/h6,9,12,19H,7-8H2,1-4H3,(H,20,21);/q-1;+1/t12-,18+;/m0./s1. The number of aromatic carboxylic acids is 1. The fourth-order valence-electron chi connectivity index (χ4n) is 3.72. The Kier molecular flexibility index (Phi) is 5.24. The quantitative estimate of drug-likeness (QED) is 0.556. The Hall–Kier alpha value is -0.165. The van der Waals surface area contributed by atoms with Crippen molar-refractivity contribution < 1.29 is 77.9 Å². The zero-order chi connectivity index (χ0) is 16.3. The van der Waals surface area contributed by atoms with Crippen molar-refractivity contribution in [2.45, 2.75) is 52.1 Å². The number of hydrogen-bond acceptors (Lipinski definition) is 3. The maximum atomic E-state index is 11.3. The van der Waals surface area contributed by atoms with Gasteiger partial charge in [-0.15, -0.1) is 12.1 Å². The molecule has 1 aliphatic heterocycles. The Morgan fingerprint density at radius 1 is 1.39 bits per heavy atom. The molecule has 0 spiro atoms. The molecule has 1 aliphatic carbocycles. The molecule has 4 nitrogen and oxygen atoms in total. The van der Waals surface area contributed by atoms with Crippen LogP contribution in [0.25, 0.3) is 0 Å². The average Bonchev–Trinajstić information content (AvgIpc) is 2.40. The molecule has 5 heteroatoms. The van der Waals surface area contributed by atoms with E-state index in [-0.39, 0.29) is 80.8 Å². The van der Waals surface area contributed by atoms with E-state index in [0.717, 1.165) is 12.8 Å². The van der Waals surface area contributed by atoms with Crippen molar-refractivity contribution in [1.82, 2.24) is 0 Å². The summed E-state index contributed by atoms with van der Waals surface area (Å²) in [6, 6.07) is 4.17. The van der Waals surface area contributed by atoms with Gasteiger partial charge in [0.05, 0.1) is 5.60 Å². The van der Waals surface area contributed by atoms with Crippen molar-refractivity contribution in [3.8, 4) is 11.5 Å². The smallest absolute Gasteiger partial charge is 0.551 e. The number of carbonyl (C=O) groups is 1. The number of rotatable bonds is 1. The van der Waals surface area contributed by atoms with Crippen LogP contribution in [0.1, 0.15) is 62.4 Å². The van der Waals surface area contributed by atoms with E-state index in [2.05, 4.69) is 39.8 Å². The number of benzene rings is 1. The second kappa shape index (κ2) is 6.28. The van der Waals surface area contributed by atoms with Crippen LogP contribution < -0.4 is 62.9 Å². The SMILES string of the molecule is CC1=C[C@H]2c3c(c[c-]c(C(=O)O)c3O)OC(C)(C)[C@]2(C)CC1.[Rb+]. The van der Waals surface area contributed by atoms with Crippen LogP contribution in [0, 0.1) is 11.5 Å². The van der Waals surface area contributed by atoms with Crippen LogP contribution in [0.15, 0.2) is 17.7 Å². The minimum atomic E-state index is -1.18. The molecule has 0 bridgehead atoms. The van der Waals surface area contributed by atoms with Crippen LogP contribution in [0.4, 0.5) is 0 Å².